The Hall–Kier alpha value is -1.22. The van der Waals surface area contributed by atoms with Gasteiger partial charge in [0.1, 0.15) is 11.1 Å². The van der Waals surface area contributed by atoms with Gasteiger partial charge in [-0.15, -0.1) is 0 Å². The van der Waals surface area contributed by atoms with Crippen LogP contribution < -0.4 is 10.3 Å². The second-order valence-corrected chi connectivity index (χ2v) is 8.04. The van der Waals surface area contributed by atoms with Gasteiger partial charge in [0.05, 0.1) is 25.4 Å². The normalized spacial score (nSPS) is 26.8. The number of nitrogens with zero attached hydrogens (tertiary/aromatic N) is 1. The highest BCUT2D eigenvalue weighted by Gasteiger charge is 2.28. The van der Waals surface area contributed by atoms with E-state index < -0.39 is 10.0 Å². The highest BCUT2D eigenvalue weighted by molar-refractivity contribution is 7.89. The van der Waals surface area contributed by atoms with Crippen LogP contribution in [0.1, 0.15) is 25.7 Å². The van der Waals surface area contributed by atoms with E-state index in [9.17, 15) is 13.5 Å². The van der Waals surface area contributed by atoms with Gasteiger partial charge in [-0.2, -0.15) is 4.31 Å². The zero-order chi connectivity index (χ0) is 16.3. The predicted molar refractivity (Wildman–Crippen MR) is 84.5 cm³/mol. The first-order valence-corrected chi connectivity index (χ1v) is 9.54. The smallest absolute Gasteiger partial charge is 0.272 e. The second kappa shape index (κ2) is 7.12. The predicted octanol–water partition coefficient (Wildman–Crippen LogP) is 0.237. The second-order valence-electron chi connectivity index (χ2n) is 6.10. The monoisotopic (exact) mass is 342 g/mol. The van der Waals surface area contributed by atoms with Crippen LogP contribution in [0.5, 0.6) is 0 Å². The molecule has 1 aromatic rings. The first-order valence-electron chi connectivity index (χ1n) is 8.10. The van der Waals surface area contributed by atoms with Crippen molar-refractivity contribution in [2.24, 2.45) is 0 Å². The molecule has 1 aliphatic heterocycles. The van der Waals surface area contributed by atoms with Crippen molar-refractivity contribution in [3.05, 3.63) is 18.3 Å². The number of nitrogens with one attached hydrogen (secondary N) is 2. The van der Waals surface area contributed by atoms with Gasteiger partial charge in [-0.3, -0.25) is 5.32 Å². The fraction of sp³-hybridized carbons (Fsp3) is 0.667. The van der Waals surface area contributed by atoms with Gasteiger partial charge in [0.2, 0.25) is 10.0 Å². The molecule has 2 fully saturated rings. The molecule has 1 saturated heterocycles. The summed E-state index contributed by atoms with van der Waals surface area (Å²) in [6, 6.07) is 3.70. The van der Waals surface area contributed by atoms with Crippen LogP contribution >= 0.6 is 0 Å². The van der Waals surface area contributed by atoms with Crippen molar-refractivity contribution >= 4 is 15.8 Å². The number of aromatic amines is 1. The lowest BCUT2D eigenvalue weighted by molar-refractivity contribution is -0.364. The quantitative estimate of drug-likeness (QED) is 0.817. The summed E-state index contributed by atoms with van der Waals surface area (Å²) in [5.74, 6) is 0.798. The molecule has 0 atom stereocenters. The van der Waals surface area contributed by atoms with Gasteiger partial charge in [0, 0.05) is 19.2 Å². The van der Waals surface area contributed by atoms with Crippen LogP contribution in [-0.2, 0) is 14.8 Å². The van der Waals surface area contributed by atoms with E-state index in [1.165, 1.54) is 10.5 Å². The number of rotatable bonds is 4. The number of aliphatic hydroxyl groups is 1. The van der Waals surface area contributed by atoms with Gasteiger partial charge < -0.3 is 9.84 Å². The number of H-pyrrole nitrogens is 1. The number of ether oxygens (including phenoxy) is 1. The Labute approximate surface area is 136 Å². The van der Waals surface area contributed by atoms with Gasteiger partial charge in [0.25, 0.3) is 5.82 Å². The number of sulfonamides is 1. The molecule has 3 rings (SSSR count). The average molecular weight is 342 g/mol. The molecule has 23 heavy (non-hydrogen) atoms. The molecule has 2 aliphatic rings. The zero-order valence-electron chi connectivity index (χ0n) is 13.1. The highest BCUT2D eigenvalue weighted by Crippen LogP contribution is 2.21. The molecule has 0 radical (unpaired) electrons. The molecule has 0 amide bonds. The number of aromatic nitrogens is 1. The molecule has 0 spiro atoms. The minimum Gasteiger partial charge on any atom is -0.393 e. The van der Waals surface area contributed by atoms with E-state index in [0.717, 1.165) is 31.5 Å². The van der Waals surface area contributed by atoms with Crippen molar-refractivity contribution in [1.82, 2.24) is 4.31 Å². The van der Waals surface area contributed by atoms with Crippen molar-refractivity contribution in [1.29, 1.82) is 0 Å². The molecular formula is C15H24N3O4S+. The minimum absolute atomic E-state index is 0.182. The SMILES string of the molecule is O=S(=O)(c1ccc(NC2CCC(O)CC2)[nH+]c1)N1CCOCC1. The van der Waals surface area contributed by atoms with Crippen molar-refractivity contribution in [3.63, 3.8) is 0 Å². The average Bonchev–Trinajstić information content (AvgIpc) is 2.58. The molecule has 8 heteroatoms. The molecule has 0 bridgehead atoms. The summed E-state index contributed by atoms with van der Waals surface area (Å²) in [7, 11) is -3.46. The van der Waals surface area contributed by atoms with E-state index in [4.69, 9.17) is 4.74 Å². The maximum atomic E-state index is 12.5. The molecule has 3 N–H and O–H groups in total. The Kier molecular flexibility index (Phi) is 5.15. The number of hydrogen-bond acceptors (Lipinski definition) is 5. The third kappa shape index (κ3) is 4.00. The van der Waals surface area contributed by atoms with E-state index in [1.54, 1.807) is 12.1 Å². The minimum atomic E-state index is -3.46. The molecule has 0 unspecified atom stereocenters. The summed E-state index contributed by atoms with van der Waals surface area (Å²) in [6.45, 7) is 1.67. The molecule has 2 heterocycles. The summed E-state index contributed by atoms with van der Waals surface area (Å²) < 4.78 is 31.7. The van der Waals surface area contributed by atoms with E-state index >= 15 is 0 Å². The molecule has 1 aromatic heterocycles. The molecule has 7 nitrogen and oxygen atoms in total. The third-order valence-corrected chi connectivity index (χ3v) is 6.34. The Bertz CT molecular complexity index is 606. The Morgan fingerprint density at radius 2 is 1.87 bits per heavy atom. The van der Waals surface area contributed by atoms with Gasteiger partial charge in [-0.05, 0) is 31.7 Å². The lowest BCUT2D eigenvalue weighted by atomic mass is 9.93. The number of hydrogen-bond donors (Lipinski definition) is 2. The van der Waals surface area contributed by atoms with Gasteiger partial charge in [0.15, 0.2) is 0 Å². The number of aliphatic hydroxyl groups excluding tert-OH is 1. The molecular weight excluding hydrogens is 318 g/mol. The van der Waals surface area contributed by atoms with Crippen LogP contribution in [0.4, 0.5) is 5.82 Å². The van der Waals surface area contributed by atoms with Gasteiger partial charge in [-0.25, -0.2) is 13.4 Å². The van der Waals surface area contributed by atoms with Crippen LogP contribution in [0.2, 0.25) is 0 Å². The van der Waals surface area contributed by atoms with Crippen molar-refractivity contribution < 1.29 is 23.2 Å². The third-order valence-electron chi connectivity index (χ3n) is 4.45. The number of morpholine rings is 1. The van der Waals surface area contributed by atoms with Gasteiger partial charge in [-0.1, -0.05) is 0 Å². The van der Waals surface area contributed by atoms with Crippen LogP contribution in [0.25, 0.3) is 0 Å². The van der Waals surface area contributed by atoms with Crippen molar-refractivity contribution in [2.45, 2.75) is 42.7 Å². The summed E-state index contributed by atoms with van der Waals surface area (Å²) in [5.41, 5.74) is 0. The van der Waals surface area contributed by atoms with Crippen molar-refractivity contribution in [2.75, 3.05) is 31.6 Å². The van der Waals surface area contributed by atoms with Crippen LogP contribution in [0.3, 0.4) is 0 Å². The Balaban J connectivity index is 1.64. The molecule has 0 aromatic carbocycles. The van der Waals surface area contributed by atoms with Crippen LogP contribution in [0, 0.1) is 0 Å². The lowest BCUT2D eigenvalue weighted by Gasteiger charge is -2.25. The molecule has 1 aliphatic carbocycles. The summed E-state index contributed by atoms with van der Waals surface area (Å²) in [4.78, 5) is 3.30. The van der Waals surface area contributed by atoms with Crippen LogP contribution in [-0.4, -0.2) is 56.3 Å². The lowest BCUT2D eigenvalue weighted by Crippen LogP contribution is -2.41. The number of pyridine rings is 1. The fourth-order valence-corrected chi connectivity index (χ4v) is 4.41. The first kappa shape index (κ1) is 16.6. The standard InChI is InChI=1S/C15H23N3O4S/c19-13-3-1-12(2-4-13)17-15-6-5-14(11-16-15)23(20,21)18-7-9-22-10-8-18/h5-6,11-13,19H,1-4,7-10H2,(H,16,17)/p+1. The Morgan fingerprint density at radius 1 is 1.17 bits per heavy atom. The maximum absolute atomic E-state index is 12.5. The molecule has 1 saturated carbocycles. The zero-order valence-corrected chi connectivity index (χ0v) is 13.9. The fourth-order valence-electron chi connectivity index (χ4n) is 3.04. The van der Waals surface area contributed by atoms with E-state index in [-0.39, 0.29) is 11.0 Å². The van der Waals surface area contributed by atoms with E-state index in [2.05, 4.69) is 10.3 Å². The largest absolute Gasteiger partial charge is 0.393 e. The van der Waals surface area contributed by atoms with Crippen LogP contribution in [0.15, 0.2) is 23.2 Å². The Morgan fingerprint density at radius 3 is 2.48 bits per heavy atom. The summed E-state index contributed by atoms with van der Waals surface area (Å²) >= 11 is 0. The molecule has 128 valence electrons. The topological polar surface area (TPSA) is 93.0 Å². The maximum Gasteiger partial charge on any atom is 0.272 e. The van der Waals surface area contributed by atoms with E-state index in [0.29, 0.717) is 32.3 Å². The number of anilines is 1. The van der Waals surface area contributed by atoms with E-state index in [1.807, 2.05) is 0 Å². The van der Waals surface area contributed by atoms with Gasteiger partial charge >= 0.3 is 0 Å². The summed E-state index contributed by atoms with van der Waals surface area (Å²) in [6.07, 6.45) is 4.80. The first-order chi connectivity index (χ1) is 11.1. The summed E-state index contributed by atoms with van der Waals surface area (Å²) in [5, 5.41) is 12.9. The highest BCUT2D eigenvalue weighted by atomic mass is 32.2. The van der Waals surface area contributed by atoms with Crippen molar-refractivity contribution in [3.8, 4) is 0 Å².